The molecular formula is C23H27IN4O2. The number of nitrogens with one attached hydrogen (secondary N) is 3. The summed E-state index contributed by atoms with van der Waals surface area (Å²) in [6.45, 7) is 5.95. The van der Waals surface area contributed by atoms with Crippen LogP contribution >= 0.6 is 24.0 Å². The van der Waals surface area contributed by atoms with Gasteiger partial charge in [-0.1, -0.05) is 36.4 Å². The number of hydrogen-bond donors (Lipinski definition) is 3. The Labute approximate surface area is 193 Å². The molecule has 30 heavy (non-hydrogen) atoms. The first-order valence-corrected chi connectivity index (χ1v) is 10.0. The number of benzene rings is 2. The number of amides is 1. The Morgan fingerprint density at radius 2 is 1.93 bits per heavy atom. The molecule has 1 amide bonds. The van der Waals surface area contributed by atoms with Gasteiger partial charge in [-0.25, -0.2) is 4.99 Å². The third-order valence-electron chi connectivity index (χ3n) is 5.29. The van der Waals surface area contributed by atoms with Crippen LogP contribution in [0.5, 0.6) is 0 Å². The number of carbonyl (C=O) groups excluding carboxylic acids is 1. The lowest BCUT2D eigenvalue weighted by Gasteiger charge is -2.26. The van der Waals surface area contributed by atoms with E-state index in [0.29, 0.717) is 19.5 Å². The number of aryl methyl sites for hydroxylation is 1. The Kier molecular flexibility index (Phi) is 7.36. The lowest BCUT2D eigenvalue weighted by molar-refractivity contribution is -0.116. The molecule has 7 heteroatoms. The van der Waals surface area contributed by atoms with Gasteiger partial charge in [0, 0.05) is 42.1 Å². The second kappa shape index (κ2) is 9.97. The van der Waals surface area contributed by atoms with E-state index in [4.69, 9.17) is 9.41 Å². The average Bonchev–Trinajstić information content (AvgIpc) is 3.05. The standard InChI is InChI=1S/C23H26N4O2.HI/c1-3-24-23(26-14-21-15(2)17-8-5-7-11-20(17)29-21)25-13-16-12-22(28)27-19-10-6-4-9-18(16)19;/h4-11,16H,3,12-14H2,1-2H3,(H,27,28)(H2,24,25,26);1H. The molecule has 2 aromatic carbocycles. The molecule has 1 aliphatic rings. The van der Waals surface area contributed by atoms with Crippen molar-refractivity contribution in [3.8, 4) is 0 Å². The fraction of sp³-hybridized carbons (Fsp3) is 0.304. The minimum Gasteiger partial charge on any atom is -0.459 e. The zero-order valence-electron chi connectivity index (χ0n) is 17.2. The van der Waals surface area contributed by atoms with Crippen LogP contribution in [0.15, 0.2) is 57.9 Å². The molecule has 4 rings (SSSR count). The number of hydrogen-bond acceptors (Lipinski definition) is 3. The lowest BCUT2D eigenvalue weighted by Crippen LogP contribution is -2.40. The van der Waals surface area contributed by atoms with Gasteiger partial charge in [-0.3, -0.25) is 4.79 Å². The van der Waals surface area contributed by atoms with Crippen molar-refractivity contribution in [3.63, 3.8) is 0 Å². The molecule has 0 saturated carbocycles. The molecule has 1 aliphatic heterocycles. The molecule has 6 nitrogen and oxygen atoms in total. The molecule has 1 aromatic heterocycles. The summed E-state index contributed by atoms with van der Waals surface area (Å²) in [4.78, 5) is 16.7. The van der Waals surface area contributed by atoms with Crippen LogP contribution in [-0.4, -0.2) is 25.0 Å². The number of rotatable bonds is 5. The predicted octanol–water partition coefficient (Wildman–Crippen LogP) is 4.54. The molecule has 0 radical (unpaired) electrons. The third kappa shape index (κ3) is 4.77. The normalized spacial score (nSPS) is 15.9. The summed E-state index contributed by atoms with van der Waals surface area (Å²) < 4.78 is 5.97. The maximum atomic E-state index is 12.0. The number of guanidine groups is 1. The van der Waals surface area contributed by atoms with Gasteiger partial charge in [0.15, 0.2) is 5.96 Å². The third-order valence-corrected chi connectivity index (χ3v) is 5.29. The van der Waals surface area contributed by atoms with Crippen molar-refractivity contribution in [2.45, 2.75) is 32.7 Å². The number of halogens is 1. The van der Waals surface area contributed by atoms with Crippen molar-refractivity contribution < 1.29 is 9.21 Å². The SMILES string of the molecule is CCNC(=NCc1oc2ccccc2c1C)NCC1CC(=O)Nc2ccccc21.I. The van der Waals surface area contributed by atoms with Crippen LogP contribution in [0, 0.1) is 6.92 Å². The molecule has 0 fully saturated rings. The van der Waals surface area contributed by atoms with Crippen molar-refractivity contribution in [1.82, 2.24) is 10.6 Å². The van der Waals surface area contributed by atoms with Crippen molar-refractivity contribution in [2.75, 3.05) is 18.4 Å². The minimum atomic E-state index is 0. The maximum Gasteiger partial charge on any atom is 0.225 e. The fourth-order valence-corrected chi connectivity index (χ4v) is 3.77. The molecule has 158 valence electrons. The Morgan fingerprint density at radius 1 is 1.17 bits per heavy atom. The topological polar surface area (TPSA) is 78.7 Å². The second-order valence-electron chi connectivity index (χ2n) is 7.26. The first kappa shape index (κ1) is 22.1. The van der Waals surface area contributed by atoms with Crippen molar-refractivity contribution in [2.24, 2.45) is 4.99 Å². The zero-order valence-corrected chi connectivity index (χ0v) is 19.5. The van der Waals surface area contributed by atoms with Gasteiger partial charge in [0.05, 0.1) is 0 Å². The molecule has 0 spiro atoms. The van der Waals surface area contributed by atoms with Crippen LogP contribution in [-0.2, 0) is 11.3 Å². The highest BCUT2D eigenvalue weighted by Gasteiger charge is 2.24. The Morgan fingerprint density at radius 3 is 2.73 bits per heavy atom. The Balaban J connectivity index is 0.00000256. The van der Waals surface area contributed by atoms with Crippen LogP contribution in [0.4, 0.5) is 5.69 Å². The molecule has 3 N–H and O–H groups in total. The lowest BCUT2D eigenvalue weighted by atomic mass is 9.90. The highest BCUT2D eigenvalue weighted by atomic mass is 127. The van der Waals surface area contributed by atoms with Crippen molar-refractivity contribution in [1.29, 1.82) is 0 Å². The van der Waals surface area contributed by atoms with Crippen LogP contribution in [0.1, 0.15) is 36.1 Å². The van der Waals surface area contributed by atoms with Crippen LogP contribution in [0.25, 0.3) is 11.0 Å². The first-order valence-electron chi connectivity index (χ1n) is 10.0. The van der Waals surface area contributed by atoms with Gasteiger partial charge in [0.25, 0.3) is 0 Å². The van der Waals surface area contributed by atoms with E-state index in [2.05, 4.69) is 35.0 Å². The van der Waals surface area contributed by atoms with E-state index in [-0.39, 0.29) is 35.8 Å². The molecule has 3 aromatic rings. The van der Waals surface area contributed by atoms with E-state index in [1.54, 1.807) is 0 Å². The minimum absolute atomic E-state index is 0. The van der Waals surface area contributed by atoms with E-state index in [1.807, 2.05) is 43.3 Å². The molecule has 0 saturated heterocycles. The van der Waals surface area contributed by atoms with Gasteiger partial charge in [-0.15, -0.1) is 24.0 Å². The monoisotopic (exact) mass is 518 g/mol. The van der Waals surface area contributed by atoms with Crippen molar-refractivity contribution in [3.05, 3.63) is 65.4 Å². The number of anilines is 1. The van der Waals surface area contributed by atoms with Gasteiger partial charge >= 0.3 is 0 Å². The van der Waals surface area contributed by atoms with Crippen LogP contribution < -0.4 is 16.0 Å². The highest BCUT2D eigenvalue weighted by molar-refractivity contribution is 14.0. The van der Waals surface area contributed by atoms with Gasteiger partial charge in [-0.2, -0.15) is 0 Å². The smallest absolute Gasteiger partial charge is 0.225 e. The Hall–Kier alpha value is -2.55. The highest BCUT2D eigenvalue weighted by Crippen LogP contribution is 2.31. The molecule has 1 atom stereocenters. The number of aliphatic imine (C=N–C) groups is 1. The summed E-state index contributed by atoms with van der Waals surface area (Å²) in [7, 11) is 0. The number of furan rings is 1. The number of nitrogens with zero attached hydrogens (tertiary/aromatic N) is 1. The Bertz CT molecular complexity index is 1060. The summed E-state index contributed by atoms with van der Waals surface area (Å²) in [5.41, 5.74) is 4.06. The summed E-state index contributed by atoms with van der Waals surface area (Å²) in [5, 5.41) is 10.7. The van der Waals surface area contributed by atoms with Gasteiger partial charge in [0.1, 0.15) is 17.9 Å². The maximum absolute atomic E-state index is 12.0. The second-order valence-corrected chi connectivity index (χ2v) is 7.26. The predicted molar refractivity (Wildman–Crippen MR) is 132 cm³/mol. The number of fused-ring (bicyclic) bond motifs is 2. The van der Waals surface area contributed by atoms with Gasteiger partial charge in [-0.05, 0) is 31.5 Å². The summed E-state index contributed by atoms with van der Waals surface area (Å²) >= 11 is 0. The molecule has 1 unspecified atom stereocenters. The van der Waals surface area contributed by atoms with Crippen molar-refractivity contribution >= 4 is 52.5 Å². The average molecular weight is 518 g/mol. The summed E-state index contributed by atoms with van der Waals surface area (Å²) in [5.74, 6) is 1.74. The molecule has 2 heterocycles. The largest absolute Gasteiger partial charge is 0.459 e. The number of carbonyl (C=O) groups is 1. The van der Waals surface area contributed by atoms with Gasteiger partial charge in [0.2, 0.25) is 5.91 Å². The number of para-hydroxylation sites is 2. The molecule has 0 bridgehead atoms. The molecular weight excluding hydrogens is 491 g/mol. The quantitative estimate of drug-likeness (QED) is 0.263. The zero-order chi connectivity index (χ0) is 20.2. The van der Waals surface area contributed by atoms with E-state index < -0.39 is 0 Å². The summed E-state index contributed by atoms with van der Waals surface area (Å²) in [6, 6.07) is 16.0. The van der Waals surface area contributed by atoms with E-state index in [1.165, 1.54) is 0 Å². The fourth-order valence-electron chi connectivity index (χ4n) is 3.77. The first-order chi connectivity index (χ1) is 14.2. The van der Waals surface area contributed by atoms with E-state index >= 15 is 0 Å². The van der Waals surface area contributed by atoms with Gasteiger partial charge < -0.3 is 20.4 Å². The molecule has 0 aliphatic carbocycles. The van der Waals surface area contributed by atoms with E-state index in [0.717, 1.165) is 46.0 Å². The van der Waals surface area contributed by atoms with E-state index in [9.17, 15) is 4.79 Å². The van der Waals surface area contributed by atoms with Crippen LogP contribution in [0.2, 0.25) is 0 Å². The van der Waals surface area contributed by atoms with Crippen LogP contribution in [0.3, 0.4) is 0 Å². The summed E-state index contributed by atoms with van der Waals surface area (Å²) in [6.07, 6.45) is 0.464.